The zero-order chi connectivity index (χ0) is 23.7. The van der Waals surface area contributed by atoms with Crippen molar-refractivity contribution in [3.05, 3.63) is 66.4 Å². The molecule has 5 rings (SSSR count). The molecule has 3 aliphatic rings. The third-order valence-electron chi connectivity index (χ3n) is 7.85. The van der Waals surface area contributed by atoms with Gasteiger partial charge < -0.3 is 15.1 Å². The van der Waals surface area contributed by atoms with E-state index >= 15 is 0 Å². The number of anilines is 1. The molecule has 5 heteroatoms. The lowest BCUT2D eigenvalue weighted by Gasteiger charge is -2.36. The Hall–Kier alpha value is -3.08. The first-order valence-corrected chi connectivity index (χ1v) is 12.7. The smallest absolute Gasteiger partial charge is 0.253 e. The number of carbonyl (C=O) groups is 2. The van der Waals surface area contributed by atoms with Gasteiger partial charge in [0.05, 0.1) is 0 Å². The Morgan fingerprint density at radius 3 is 2.21 bits per heavy atom. The van der Waals surface area contributed by atoms with Crippen molar-refractivity contribution in [2.45, 2.75) is 45.4 Å². The second-order valence-electron chi connectivity index (χ2n) is 10.4. The van der Waals surface area contributed by atoms with E-state index in [1.165, 1.54) is 25.7 Å². The number of nitrogens with one attached hydrogen (secondary N) is 1. The summed E-state index contributed by atoms with van der Waals surface area (Å²) >= 11 is 0. The summed E-state index contributed by atoms with van der Waals surface area (Å²) in [6.07, 6.45) is 7.03. The van der Waals surface area contributed by atoms with Crippen molar-refractivity contribution in [1.29, 1.82) is 0 Å². The average molecular weight is 458 g/mol. The Balaban J connectivity index is 1.20. The van der Waals surface area contributed by atoms with E-state index < -0.39 is 0 Å². The van der Waals surface area contributed by atoms with Crippen LogP contribution in [0.2, 0.25) is 0 Å². The monoisotopic (exact) mass is 457 g/mol. The quantitative estimate of drug-likeness (QED) is 0.618. The number of hydrogen-bond acceptors (Lipinski definition) is 3. The van der Waals surface area contributed by atoms with E-state index in [1.54, 1.807) is 0 Å². The number of rotatable bonds is 6. The summed E-state index contributed by atoms with van der Waals surface area (Å²) in [6, 6.07) is 16.2. The molecule has 1 aliphatic heterocycles. The summed E-state index contributed by atoms with van der Waals surface area (Å²) in [6.45, 7) is 8.77. The van der Waals surface area contributed by atoms with E-state index in [9.17, 15) is 9.59 Å². The summed E-state index contributed by atoms with van der Waals surface area (Å²) in [5, 5.41) is 3.51. The molecule has 0 unspecified atom stereocenters. The highest BCUT2D eigenvalue weighted by molar-refractivity contribution is 5.95. The van der Waals surface area contributed by atoms with Crippen molar-refractivity contribution in [1.82, 2.24) is 9.80 Å². The highest BCUT2D eigenvalue weighted by Gasteiger charge is 2.47. The number of carbonyl (C=O) groups excluding carboxylic acids is 2. The maximum atomic E-state index is 13.0. The van der Waals surface area contributed by atoms with Gasteiger partial charge in [-0.3, -0.25) is 9.59 Å². The second-order valence-corrected chi connectivity index (χ2v) is 10.4. The van der Waals surface area contributed by atoms with E-state index in [-0.39, 0.29) is 17.2 Å². The number of hydrogen-bond donors (Lipinski definition) is 1. The second kappa shape index (κ2) is 9.28. The van der Waals surface area contributed by atoms with Crippen molar-refractivity contribution >= 4 is 17.5 Å². The van der Waals surface area contributed by atoms with Crippen LogP contribution in [0.3, 0.4) is 0 Å². The lowest BCUT2D eigenvalue weighted by molar-refractivity contribution is -0.137. The first-order valence-electron chi connectivity index (χ1n) is 12.7. The molecule has 34 heavy (non-hydrogen) atoms. The molecule has 1 N–H and O–H groups in total. The Bertz CT molecular complexity index is 1070. The molecule has 1 heterocycles. The molecule has 0 spiro atoms. The maximum absolute atomic E-state index is 13.0. The zero-order valence-electron chi connectivity index (χ0n) is 20.2. The molecule has 2 aliphatic carbocycles. The summed E-state index contributed by atoms with van der Waals surface area (Å²) in [7, 11) is 0. The van der Waals surface area contributed by atoms with E-state index in [0.29, 0.717) is 37.7 Å². The SMILES string of the molecule is C=C(Nc1cccc(-c2ccc(C(=O)N3CCN(C(=O)C4(C)CC4)CC3)cc2)c1)C1CCCC1. The minimum atomic E-state index is -0.140. The van der Waals surface area contributed by atoms with E-state index in [1.807, 2.05) is 41.0 Å². The van der Waals surface area contributed by atoms with Crippen LogP contribution in [-0.2, 0) is 4.79 Å². The van der Waals surface area contributed by atoms with Gasteiger partial charge in [0.15, 0.2) is 0 Å². The topological polar surface area (TPSA) is 52.7 Å². The lowest BCUT2D eigenvalue weighted by atomic mass is 10.0. The molecule has 3 fully saturated rings. The Morgan fingerprint density at radius 1 is 0.912 bits per heavy atom. The van der Waals surface area contributed by atoms with Crippen LogP contribution >= 0.6 is 0 Å². The highest BCUT2D eigenvalue weighted by Crippen LogP contribution is 2.46. The Labute approximate surface area is 202 Å². The number of nitrogens with zero attached hydrogens (tertiary/aromatic N) is 2. The Kier molecular flexibility index (Phi) is 6.20. The molecule has 5 nitrogen and oxygen atoms in total. The maximum Gasteiger partial charge on any atom is 0.253 e. The van der Waals surface area contributed by atoms with Crippen LogP contribution < -0.4 is 5.32 Å². The van der Waals surface area contributed by atoms with Gasteiger partial charge in [-0.15, -0.1) is 0 Å². The predicted molar refractivity (Wildman–Crippen MR) is 136 cm³/mol. The first-order chi connectivity index (χ1) is 16.4. The van der Waals surface area contributed by atoms with Crippen LogP contribution in [-0.4, -0.2) is 47.8 Å². The predicted octanol–water partition coefficient (Wildman–Crippen LogP) is 5.55. The number of piperazine rings is 1. The van der Waals surface area contributed by atoms with Crippen LogP contribution in [0.25, 0.3) is 11.1 Å². The van der Waals surface area contributed by atoms with Crippen molar-refractivity contribution in [3.8, 4) is 11.1 Å². The van der Waals surface area contributed by atoms with Gasteiger partial charge in [-0.1, -0.05) is 50.6 Å². The van der Waals surface area contributed by atoms with Crippen molar-refractivity contribution < 1.29 is 9.59 Å². The lowest BCUT2D eigenvalue weighted by Crippen LogP contribution is -2.52. The molecule has 2 saturated carbocycles. The van der Waals surface area contributed by atoms with Crippen LogP contribution in [0.5, 0.6) is 0 Å². The molecule has 178 valence electrons. The van der Waals surface area contributed by atoms with E-state index in [2.05, 4.69) is 36.2 Å². The van der Waals surface area contributed by atoms with Gasteiger partial charge in [-0.2, -0.15) is 0 Å². The van der Waals surface area contributed by atoms with E-state index in [4.69, 9.17) is 0 Å². The van der Waals surface area contributed by atoms with Gasteiger partial charge >= 0.3 is 0 Å². The Morgan fingerprint density at radius 2 is 1.56 bits per heavy atom. The minimum Gasteiger partial charge on any atom is -0.359 e. The third-order valence-corrected chi connectivity index (χ3v) is 7.85. The highest BCUT2D eigenvalue weighted by atomic mass is 16.2. The molecule has 0 bridgehead atoms. The van der Waals surface area contributed by atoms with Crippen molar-refractivity contribution in [2.75, 3.05) is 31.5 Å². The summed E-state index contributed by atoms with van der Waals surface area (Å²) in [4.78, 5) is 29.4. The molecular formula is C29H35N3O2. The molecule has 2 aromatic carbocycles. The molecule has 0 radical (unpaired) electrons. The van der Waals surface area contributed by atoms with Gasteiger partial charge in [-0.25, -0.2) is 0 Å². The van der Waals surface area contributed by atoms with Gasteiger partial charge in [0.1, 0.15) is 0 Å². The standard InChI is InChI=1S/C29H35N3O2/c1-21(22-6-3-4-7-22)30-26-9-5-8-25(20-26)23-10-12-24(13-11-23)27(33)31-16-18-32(19-17-31)28(34)29(2)14-15-29/h5,8-13,20,22,30H,1,3-4,6-7,14-19H2,2H3. The first kappa shape index (κ1) is 22.7. The summed E-state index contributed by atoms with van der Waals surface area (Å²) in [5.41, 5.74) is 4.93. The normalized spacial score (nSPS) is 19.7. The van der Waals surface area contributed by atoms with Gasteiger partial charge in [0, 0.05) is 48.5 Å². The van der Waals surface area contributed by atoms with Crippen LogP contribution in [0.1, 0.15) is 55.8 Å². The number of amides is 2. The summed E-state index contributed by atoms with van der Waals surface area (Å²) in [5.74, 6) is 0.873. The van der Waals surface area contributed by atoms with E-state index in [0.717, 1.165) is 35.4 Å². The van der Waals surface area contributed by atoms with Gasteiger partial charge in [-0.05, 0) is 67.0 Å². The fourth-order valence-corrected chi connectivity index (χ4v) is 5.22. The fourth-order valence-electron chi connectivity index (χ4n) is 5.22. The molecule has 0 atom stereocenters. The largest absolute Gasteiger partial charge is 0.359 e. The fraction of sp³-hybridized carbons (Fsp3) is 0.448. The van der Waals surface area contributed by atoms with Crippen LogP contribution in [0, 0.1) is 11.3 Å². The van der Waals surface area contributed by atoms with Gasteiger partial charge in [0.25, 0.3) is 5.91 Å². The zero-order valence-corrected chi connectivity index (χ0v) is 20.2. The van der Waals surface area contributed by atoms with Gasteiger partial charge in [0.2, 0.25) is 5.91 Å². The van der Waals surface area contributed by atoms with Crippen LogP contribution in [0.15, 0.2) is 60.8 Å². The molecule has 0 aromatic heterocycles. The molecular weight excluding hydrogens is 422 g/mol. The summed E-state index contributed by atoms with van der Waals surface area (Å²) < 4.78 is 0. The van der Waals surface area contributed by atoms with Crippen molar-refractivity contribution in [3.63, 3.8) is 0 Å². The number of benzene rings is 2. The molecule has 2 amide bonds. The molecule has 1 saturated heterocycles. The molecule has 2 aromatic rings. The van der Waals surface area contributed by atoms with Crippen LogP contribution in [0.4, 0.5) is 5.69 Å². The average Bonchev–Trinajstić information content (AvgIpc) is 3.38. The third kappa shape index (κ3) is 4.75. The minimum absolute atomic E-state index is 0.0413. The number of allylic oxidation sites excluding steroid dienone is 1. The van der Waals surface area contributed by atoms with Crippen molar-refractivity contribution in [2.24, 2.45) is 11.3 Å².